The van der Waals surface area contributed by atoms with Gasteiger partial charge in [0.15, 0.2) is 0 Å². The summed E-state index contributed by atoms with van der Waals surface area (Å²) in [5, 5.41) is 13.5. The highest BCUT2D eigenvalue weighted by atomic mass is 127. The standard InChI is InChI=1S/C13H13IN4O3/c1-17-7-6-15-12(17)4-5-16-13(19)10-8-9(18(20)21)2-3-11(10)14/h2-3,6-8H,4-5H2,1H3,(H,16,19). The molecule has 0 atom stereocenters. The number of hydrogen-bond acceptors (Lipinski definition) is 4. The molecule has 0 aliphatic heterocycles. The normalized spacial score (nSPS) is 10.4. The van der Waals surface area contributed by atoms with Crippen molar-refractivity contribution in [1.82, 2.24) is 14.9 Å². The van der Waals surface area contributed by atoms with E-state index in [4.69, 9.17) is 0 Å². The van der Waals surface area contributed by atoms with Gasteiger partial charge in [-0.05, 0) is 28.7 Å². The average Bonchev–Trinajstić information content (AvgIpc) is 2.84. The lowest BCUT2D eigenvalue weighted by Crippen LogP contribution is -2.27. The van der Waals surface area contributed by atoms with Gasteiger partial charge in [0.1, 0.15) is 5.82 Å². The Bertz CT molecular complexity index is 684. The van der Waals surface area contributed by atoms with E-state index in [1.54, 1.807) is 12.3 Å². The highest BCUT2D eigenvalue weighted by molar-refractivity contribution is 14.1. The zero-order chi connectivity index (χ0) is 15.4. The van der Waals surface area contributed by atoms with E-state index in [1.165, 1.54) is 12.1 Å². The molecule has 8 heteroatoms. The first-order valence-electron chi connectivity index (χ1n) is 6.17. The molecule has 1 aromatic heterocycles. The van der Waals surface area contributed by atoms with Crippen molar-refractivity contribution in [2.24, 2.45) is 7.05 Å². The molecule has 7 nitrogen and oxygen atoms in total. The third-order valence-corrected chi connectivity index (χ3v) is 3.90. The molecular formula is C13H13IN4O3. The zero-order valence-corrected chi connectivity index (χ0v) is 13.4. The third-order valence-electron chi connectivity index (χ3n) is 2.96. The first kappa shape index (κ1) is 15.4. The predicted molar refractivity (Wildman–Crippen MR) is 85.1 cm³/mol. The molecule has 0 radical (unpaired) electrons. The Kier molecular flexibility index (Phi) is 4.89. The van der Waals surface area contributed by atoms with Gasteiger partial charge in [0.2, 0.25) is 0 Å². The maximum absolute atomic E-state index is 12.1. The van der Waals surface area contributed by atoms with Gasteiger partial charge in [-0.3, -0.25) is 14.9 Å². The van der Waals surface area contributed by atoms with Crippen molar-refractivity contribution < 1.29 is 9.72 Å². The van der Waals surface area contributed by atoms with Gasteiger partial charge in [0, 0.05) is 48.1 Å². The molecule has 1 N–H and O–H groups in total. The fourth-order valence-electron chi connectivity index (χ4n) is 1.82. The summed E-state index contributed by atoms with van der Waals surface area (Å²) in [6.07, 6.45) is 4.13. The van der Waals surface area contributed by atoms with Crippen LogP contribution in [0.4, 0.5) is 5.69 Å². The number of rotatable bonds is 5. The molecule has 110 valence electrons. The van der Waals surface area contributed by atoms with Crippen LogP contribution < -0.4 is 5.32 Å². The topological polar surface area (TPSA) is 90.1 Å². The Hall–Kier alpha value is -1.97. The number of carbonyl (C=O) groups is 1. The molecule has 0 saturated carbocycles. The van der Waals surface area contributed by atoms with Crippen molar-refractivity contribution in [3.63, 3.8) is 0 Å². The van der Waals surface area contributed by atoms with Gasteiger partial charge >= 0.3 is 0 Å². The van der Waals surface area contributed by atoms with Gasteiger partial charge in [-0.1, -0.05) is 0 Å². The number of halogens is 1. The van der Waals surface area contributed by atoms with E-state index in [0.29, 0.717) is 22.1 Å². The quantitative estimate of drug-likeness (QED) is 0.472. The molecule has 2 aromatic rings. The van der Waals surface area contributed by atoms with Gasteiger partial charge < -0.3 is 9.88 Å². The number of non-ortho nitro benzene ring substituents is 1. The molecule has 1 aromatic carbocycles. The summed E-state index contributed by atoms with van der Waals surface area (Å²) in [7, 11) is 1.88. The molecule has 0 spiro atoms. The van der Waals surface area contributed by atoms with E-state index in [2.05, 4.69) is 10.3 Å². The van der Waals surface area contributed by atoms with Crippen LogP contribution in [0.2, 0.25) is 0 Å². The molecular weight excluding hydrogens is 387 g/mol. The zero-order valence-electron chi connectivity index (χ0n) is 11.2. The molecule has 0 aliphatic rings. The first-order chi connectivity index (χ1) is 9.99. The highest BCUT2D eigenvalue weighted by Gasteiger charge is 2.15. The van der Waals surface area contributed by atoms with E-state index in [0.717, 1.165) is 5.82 Å². The summed E-state index contributed by atoms with van der Waals surface area (Å²) in [4.78, 5) is 26.5. The van der Waals surface area contributed by atoms with E-state index >= 15 is 0 Å². The van der Waals surface area contributed by atoms with Crippen LogP contribution in [0.15, 0.2) is 30.6 Å². The Morgan fingerprint density at radius 2 is 2.29 bits per heavy atom. The number of hydrogen-bond donors (Lipinski definition) is 1. The summed E-state index contributed by atoms with van der Waals surface area (Å²) in [5.41, 5.74) is 0.217. The smallest absolute Gasteiger partial charge is 0.270 e. The van der Waals surface area contributed by atoms with Crippen LogP contribution in [0.1, 0.15) is 16.2 Å². The van der Waals surface area contributed by atoms with E-state index in [1.807, 2.05) is 40.4 Å². The van der Waals surface area contributed by atoms with Crippen LogP contribution in [-0.2, 0) is 13.5 Å². The number of aromatic nitrogens is 2. The summed E-state index contributed by atoms with van der Waals surface area (Å²) in [5.74, 6) is 0.543. The van der Waals surface area contributed by atoms with Crippen molar-refractivity contribution in [3.05, 3.63) is 55.7 Å². The van der Waals surface area contributed by atoms with Crippen LogP contribution in [-0.4, -0.2) is 26.9 Å². The number of nitrogens with one attached hydrogen (secondary N) is 1. The number of benzene rings is 1. The van der Waals surface area contributed by atoms with Crippen LogP contribution in [0.25, 0.3) is 0 Å². The SMILES string of the molecule is Cn1ccnc1CCNC(=O)c1cc([N+](=O)[O-])ccc1I. The fourth-order valence-corrected chi connectivity index (χ4v) is 2.40. The second-order valence-corrected chi connectivity index (χ2v) is 5.54. The Morgan fingerprint density at radius 1 is 1.52 bits per heavy atom. The number of aryl methyl sites for hydroxylation is 1. The molecule has 1 heterocycles. The number of amides is 1. The second-order valence-electron chi connectivity index (χ2n) is 4.38. The van der Waals surface area contributed by atoms with Gasteiger partial charge in [-0.25, -0.2) is 4.98 Å². The number of carbonyl (C=O) groups excluding carboxylic acids is 1. The van der Waals surface area contributed by atoms with Gasteiger partial charge in [0.05, 0.1) is 10.5 Å². The van der Waals surface area contributed by atoms with Crippen molar-refractivity contribution in [1.29, 1.82) is 0 Å². The largest absolute Gasteiger partial charge is 0.352 e. The Labute approximate surface area is 134 Å². The molecule has 2 rings (SSSR count). The minimum Gasteiger partial charge on any atom is -0.352 e. The monoisotopic (exact) mass is 400 g/mol. The lowest BCUT2D eigenvalue weighted by molar-refractivity contribution is -0.384. The molecule has 1 amide bonds. The van der Waals surface area contributed by atoms with Gasteiger partial charge in [-0.2, -0.15) is 0 Å². The van der Waals surface area contributed by atoms with E-state index in [-0.39, 0.29) is 11.6 Å². The maximum Gasteiger partial charge on any atom is 0.270 e. The molecule has 0 fully saturated rings. The van der Waals surface area contributed by atoms with E-state index in [9.17, 15) is 14.9 Å². The number of nitro groups is 1. The molecule has 0 saturated heterocycles. The summed E-state index contributed by atoms with van der Waals surface area (Å²) >= 11 is 1.98. The minimum absolute atomic E-state index is 0.0929. The number of imidazole rings is 1. The molecule has 21 heavy (non-hydrogen) atoms. The van der Waals surface area contributed by atoms with Crippen LogP contribution >= 0.6 is 22.6 Å². The van der Waals surface area contributed by atoms with E-state index < -0.39 is 4.92 Å². The number of nitrogens with zero attached hydrogens (tertiary/aromatic N) is 3. The number of nitro benzene ring substituents is 1. The molecule has 0 aliphatic carbocycles. The average molecular weight is 400 g/mol. The lowest BCUT2D eigenvalue weighted by Gasteiger charge is -2.07. The third kappa shape index (κ3) is 3.78. The second kappa shape index (κ2) is 6.66. The summed E-state index contributed by atoms with van der Waals surface area (Å²) < 4.78 is 2.55. The van der Waals surface area contributed by atoms with Crippen molar-refractivity contribution in [3.8, 4) is 0 Å². The van der Waals surface area contributed by atoms with Crippen molar-refractivity contribution in [2.75, 3.05) is 6.54 Å². The molecule has 0 bridgehead atoms. The van der Waals surface area contributed by atoms with Crippen LogP contribution in [0.5, 0.6) is 0 Å². The van der Waals surface area contributed by atoms with Crippen molar-refractivity contribution >= 4 is 34.2 Å². The Balaban J connectivity index is 2.01. The molecule has 0 unspecified atom stereocenters. The van der Waals surface area contributed by atoms with Crippen LogP contribution in [0.3, 0.4) is 0 Å². The minimum atomic E-state index is -0.513. The van der Waals surface area contributed by atoms with Gasteiger partial charge in [-0.15, -0.1) is 0 Å². The van der Waals surface area contributed by atoms with Gasteiger partial charge in [0.25, 0.3) is 11.6 Å². The predicted octanol–water partition coefficient (Wildman–Crippen LogP) is 1.91. The lowest BCUT2D eigenvalue weighted by atomic mass is 10.2. The van der Waals surface area contributed by atoms with Crippen molar-refractivity contribution in [2.45, 2.75) is 6.42 Å². The first-order valence-corrected chi connectivity index (χ1v) is 7.25. The highest BCUT2D eigenvalue weighted by Crippen LogP contribution is 2.19. The maximum atomic E-state index is 12.1. The Morgan fingerprint density at radius 3 is 2.90 bits per heavy atom. The fraction of sp³-hybridized carbons (Fsp3) is 0.231. The van der Waals surface area contributed by atoms with Crippen LogP contribution in [0, 0.1) is 13.7 Å². The summed E-state index contributed by atoms with van der Waals surface area (Å²) in [6, 6.07) is 4.23. The summed E-state index contributed by atoms with van der Waals surface area (Å²) in [6.45, 7) is 0.419.